The van der Waals surface area contributed by atoms with Gasteiger partial charge in [0, 0.05) is 10.6 Å². The first-order valence-electron chi connectivity index (χ1n) is 6.11. The van der Waals surface area contributed by atoms with Crippen molar-refractivity contribution >= 4 is 28.6 Å². The molecule has 0 radical (unpaired) electrons. The summed E-state index contributed by atoms with van der Waals surface area (Å²) in [7, 11) is 0. The predicted molar refractivity (Wildman–Crippen MR) is 81.7 cm³/mol. The van der Waals surface area contributed by atoms with Crippen molar-refractivity contribution in [3.05, 3.63) is 51.2 Å². The predicted octanol–water partition coefficient (Wildman–Crippen LogP) is 5.08. The minimum absolute atomic E-state index is 0.243. The second-order valence-electron chi connectivity index (χ2n) is 4.69. The molecule has 98 valence electrons. The van der Waals surface area contributed by atoms with Crippen molar-refractivity contribution in [1.29, 1.82) is 5.26 Å². The van der Waals surface area contributed by atoms with Crippen LogP contribution in [-0.4, -0.2) is 0 Å². The van der Waals surface area contributed by atoms with Gasteiger partial charge in [-0.1, -0.05) is 31.5 Å². The first-order valence-corrected chi connectivity index (χ1v) is 7.37. The summed E-state index contributed by atoms with van der Waals surface area (Å²) in [5, 5.41) is 15.1. The van der Waals surface area contributed by atoms with Crippen molar-refractivity contribution in [3.8, 4) is 6.07 Å². The molecular formula is C15H15ClN2S. The minimum Gasteiger partial charge on any atom is -0.377 e. The molecular weight excluding hydrogens is 276 g/mol. The average Bonchev–Trinajstić information content (AvgIpc) is 2.91. The third-order valence-electron chi connectivity index (χ3n) is 2.93. The van der Waals surface area contributed by atoms with Gasteiger partial charge in [-0.05, 0) is 35.6 Å². The second-order valence-corrected chi connectivity index (χ2v) is 6.07. The fourth-order valence-corrected chi connectivity index (χ4v) is 3.02. The molecule has 1 aromatic heterocycles. The molecule has 1 aromatic carbocycles. The molecule has 0 aliphatic heterocycles. The highest BCUT2D eigenvalue weighted by molar-refractivity contribution is 7.10. The number of nitriles is 1. The number of hydrogen-bond acceptors (Lipinski definition) is 3. The van der Waals surface area contributed by atoms with Crippen molar-refractivity contribution in [2.45, 2.75) is 19.9 Å². The zero-order valence-corrected chi connectivity index (χ0v) is 12.4. The Morgan fingerprint density at radius 3 is 2.68 bits per heavy atom. The Morgan fingerprint density at radius 2 is 2.11 bits per heavy atom. The summed E-state index contributed by atoms with van der Waals surface area (Å²) in [5.41, 5.74) is 1.42. The molecule has 0 saturated heterocycles. The number of benzene rings is 1. The third kappa shape index (κ3) is 3.28. The fraction of sp³-hybridized carbons (Fsp3) is 0.267. The maximum absolute atomic E-state index is 9.01. The maximum Gasteiger partial charge on any atom is 0.101 e. The Kier molecular flexibility index (Phi) is 4.47. The topological polar surface area (TPSA) is 35.8 Å². The van der Waals surface area contributed by atoms with Crippen LogP contribution in [0.25, 0.3) is 0 Å². The van der Waals surface area contributed by atoms with Gasteiger partial charge in [-0.25, -0.2) is 0 Å². The molecule has 0 saturated carbocycles. The van der Waals surface area contributed by atoms with E-state index in [2.05, 4.69) is 42.7 Å². The number of nitrogens with one attached hydrogen (secondary N) is 1. The van der Waals surface area contributed by atoms with E-state index in [1.54, 1.807) is 23.5 Å². The highest BCUT2D eigenvalue weighted by Gasteiger charge is 2.16. The maximum atomic E-state index is 9.01. The van der Waals surface area contributed by atoms with Crippen molar-refractivity contribution in [2.75, 3.05) is 5.32 Å². The fourth-order valence-electron chi connectivity index (χ4n) is 1.91. The van der Waals surface area contributed by atoms with Gasteiger partial charge >= 0.3 is 0 Å². The van der Waals surface area contributed by atoms with Crippen molar-refractivity contribution in [3.63, 3.8) is 0 Å². The highest BCUT2D eigenvalue weighted by atomic mass is 35.5. The van der Waals surface area contributed by atoms with Gasteiger partial charge in [0.1, 0.15) is 6.07 Å². The van der Waals surface area contributed by atoms with Crippen LogP contribution >= 0.6 is 22.9 Å². The Hall–Kier alpha value is -1.50. The molecule has 4 heteroatoms. The highest BCUT2D eigenvalue weighted by Crippen LogP contribution is 2.30. The Balaban J connectivity index is 2.26. The lowest BCUT2D eigenvalue weighted by Gasteiger charge is -2.22. The first-order chi connectivity index (χ1) is 9.11. The number of nitrogens with zero attached hydrogens (tertiary/aromatic N) is 1. The number of anilines is 1. The van der Waals surface area contributed by atoms with Gasteiger partial charge in [0.25, 0.3) is 0 Å². The van der Waals surface area contributed by atoms with E-state index >= 15 is 0 Å². The van der Waals surface area contributed by atoms with E-state index in [4.69, 9.17) is 16.9 Å². The van der Waals surface area contributed by atoms with E-state index in [9.17, 15) is 0 Å². The van der Waals surface area contributed by atoms with Gasteiger partial charge in [-0.15, -0.1) is 11.3 Å². The molecule has 0 aliphatic rings. The molecule has 19 heavy (non-hydrogen) atoms. The zero-order valence-electron chi connectivity index (χ0n) is 10.9. The Morgan fingerprint density at radius 1 is 1.32 bits per heavy atom. The summed E-state index contributed by atoms with van der Waals surface area (Å²) in [6.45, 7) is 4.36. The summed E-state index contributed by atoms with van der Waals surface area (Å²) in [6.07, 6.45) is 0. The number of hydrogen-bond donors (Lipinski definition) is 1. The second kappa shape index (κ2) is 6.10. The molecule has 2 nitrogen and oxygen atoms in total. The number of halogens is 1. The molecule has 2 aromatic rings. The Bertz CT molecular complexity index is 585. The standard InChI is InChI=1S/C15H15ClN2S/c1-10(2)15(14-4-3-7-19-14)18-12-5-6-13(16)11(8-12)9-17/h3-8,10,15,18H,1-2H3. The van der Waals surface area contributed by atoms with Gasteiger partial charge < -0.3 is 5.32 Å². The monoisotopic (exact) mass is 290 g/mol. The van der Waals surface area contributed by atoms with E-state index in [1.807, 2.05) is 6.07 Å². The van der Waals surface area contributed by atoms with Gasteiger partial charge in [-0.3, -0.25) is 0 Å². The molecule has 0 amide bonds. The van der Waals surface area contributed by atoms with Crippen LogP contribution in [-0.2, 0) is 0 Å². The van der Waals surface area contributed by atoms with E-state index in [0.29, 0.717) is 16.5 Å². The summed E-state index contributed by atoms with van der Waals surface area (Å²) in [6, 6.07) is 12.0. The van der Waals surface area contributed by atoms with E-state index in [0.717, 1.165) is 5.69 Å². The van der Waals surface area contributed by atoms with Crippen LogP contribution in [0.1, 0.15) is 30.3 Å². The lowest BCUT2D eigenvalue weighted by molar-refractivity contribution is 0.554. The van der Waals surface area contributed by atoms with E-state index < -0.39 is 0 Å². The smallest absolute Gasteiger partial charge is 0.101 e. The molecule has 0 fully saturated rings. The minimum atomic E-state index is 0.243. The molecule has 2 rings (SSSR count). The van der Waals surface area contributed by atoms with Crippen LogP contribution in [0, 0.1) is 17.2 Å². The molecule has 0 spiro atoms. The van der Waals surface area contributed by atoms with E-state index in [-0.39, 0.29) is 6.04 Å². The normalized spacial score (nSPS) is 12.2. The van der Waals surface area contributed by atoms with Crippen molar-refractivity contribution in [1.82, 2.24) is 0 Å². The lowest BCUT2D eigenvalue weighted by Crippen LogP contribution is -2.15. The Labute approximate surface area is 122 Å². The van der Waals surface area contributed by atoms with Crippen molar-refractivity contribution < 1.29 is 0 Å². The van der Waals surface area contributed by atoms with Crippen LogP contribution in [0.2, 0.25) is 5.02 Å². The molecule has 1 N–H and O–H groups in total. The lowest BCUT2D eigenvalue weighted by atomic mass is 10.0. The van der Waals surface area contributed by atoms with Gasteiger partial charge in [-0.2, -0.15) is 5.26 Å². The molecule has 1 atom stereocenters. The van der Waals surface area contributed by atoms with Gasteiger partial charge in [0.15, 0.2) is 0 Å². The van der Waals surface area contributed by atoms with Gasteiger partial charge in [0.2, 0.25) is 0 Å². The molecule has 0 aliphatic carbocycles. The third-order valence-corrected chi connectivity index (χ3v) is 4.21. The summed E-state index contributed by atoms with van der Waals surface area (Å²) in [5.74, 6) is 0.458. The van der Waals surface area contributed by atoms with Gasteiger partial charge in [0.05, 0.1) is 16.6 Å². The molecule has 1 heterocycles. The summed E-state index contributed by atoms with van der Waals surface area (Å²) < 4.78 is 0. The largest absolute Gasteiger partial charge is 0.377 e. The van der Waals surface area contributed by atoms with Crippen LogP contribution in [0.4, 0.5) is 5.69 Å². The zero-order chi connectivity index (χ0) is 13.8. The molecule has 0 bridgehead atoms. The van der Waals surface area contributed by atoms with Crippen molar-refractivity contribution in [2.24, 2.45) is 5.92 Å². The van der Waals surface area contributed by atoms with Crippen LogP contribution < -0.4 is 5.32 Å². The summed E-state index contributed by atoms with van der Waals surface area (Å²) in [4.78, 5) is 1.29. The summed E-state index contributed by atoms with van der Waals surface area (Å²) >= 11 is 7.68. The van der Waals surface area contributed by atoms with E-state index in [1.165, 1.54) is 4.88 Å². The molecule has 1 unspecified atom stereocenters. The van der Waals surface area contributed by atoms with Crippen LogP contribution in [0.15, 0.2) is 35.7 Å². The van der Waals surface area contributed by atoms with Crippen LogP contribution in [0.5, 0.6) is 0 Å². The number of thiophene rings is 1. The number of rotatable bonds is 4. The van der Waals surface area contributed by atoms with Crippen LogP contribution in [0.3, 0.4) is 0 Å². The first kappa shape index (κ1) is 13.9. The quantitative estimate of drug-likeness (QED) is 0.852. The SMILES string of the molecule is CC(C)C(Nc1ccc(Cl)c(C#N)c1)c1cccs1. The average molecular weight is 291 g/mol.